The van der Waals surface area contributed by atoms with Crippen molar-refractivity contribution in [3.8, 4) is 6.07 Å². The van der Waals surface area contributed by atoms with E-state index in [1.165, 1.54) is 6.92 Å². The highest BCUT2D eigenvalue weighted by molar-refractivity contribution is 5.62. The first-order valence-electron chi connectivity index (χ1n) is 2.56. The van der Waals surface area contributed by atoms with E-state index in [9.17, 15) is 0 Å². The Labute approximate surface area is 71.0 Å². The predicted octanol–water partition coefficient (Wildman–Crippen LogP) is -0.247. The fourth-order valence-electron chi connectivity index (χ4n) is 0. The van der Waals surface area contributed by atoms with E-state index in [-0.39, 0.29) is 6.15 Å². The summed E-state index contributed by atoms with van der Waals surface area (Å²) in [6, 6.07) is 1.75. The molecule has 0 aliphatic rings. The molecule has 0 aromatic rings. The molecule has 0 saturated heterocycles. The van der Waals surface area contributed by atoms with Crippen molar-refractivity contribution in [3.05, 3.63) is 0 Å². The summed E-state index contributed by atoms with van der Waals surface area (Å²) in [5, 5.41) is 23.6. The van der Waals surface area contributed by atoms with E-state index < -0.39 is 11.9 Å². The number of nitrogens with zero attached hydrogens (tertiary/aromatic N) is 1. The van der Waals surface area contributed by atoms with Crippen molar-refractivity contribution < 1.29 is 19.8 Å². The van der Waals surface area contributed by atoms with Gasteiger partial charge in [-0.25, -0.2) is 0 Å². The van der Waals surface area contributed by atoms with Crippen LogP contribution in [0.15, 0.2) is 0 Å². The van der Waals surface area contributed by atoms with Crippen molar-refractivity contribution in [1.29, 1.82) is 5.26 Å². The van der Waals surface area contributed by atoms with E-state index in [0.717, 1.165) is 13.8 Å². The van der Waals surface area contributed by atoms with Crippen molar-refractivity contribution in [2.45, 2.75) is 20.8 Å². The van der Waals surface area contributed by atoms with Crippen molar-refractivity contribution in [1.82, 2.24) is 6.15 Å². The number of hydrogen-bond donors (Lipinski definition) is 2. The van der Waals surface area contributed by atoms with Gasteiger partial charge in [0.25, 0.3) is 5.97 Å². The van der Waals surface area contributed by atoms with Crippen LogP contribution in [0, 0.1) is 11.3 Å². The van der Waals surface area contributed by atoms with Crippen LogP contribution in [0.4, 0.5) is 0 Å². The molecule has 12 heavy (non-hydrogen) atoms. The second-order valence-corrected chi connectivity index (χ2v) is 1.23. The Morgan fingerprint density at radius 1 is 1.42 bits per heavy atom. The molecule has 0 unspecified atom stereocenters. The Bertz CT molecular complexity index is 130. The minimum absolute atomic E-state index is 0. The van der Waals surface area contributed by atoms with Crippen LogP contribution in [0.3, 0.4) is 0 Å². The molecule has 0 amide bonds. The molecule has 0 atom stereocenters. The molecule has 0 aromatic heterocycles. The summed E-state index contributed by atoms with van der Waals surface area (Å²) in [7, 11) is 0. The highest BCUT2D eigenvalue weighted by Crippen LogP contribution is 1.42. The van der Waals surface area contributed by atoms with Gasteiger partial charge in [-0.2, -0.15) is 5.26 Å². The lowest BCUT2D eigenvalue weighted by Crippen LogP contribution is -2.16. The lowest BCUT2D eigenvalue weighted by atomic mass is 10.9. The van der Waals surface area contributed by atoms with Crippen LogP contribution in [-0.4, -0.2) is 17.0 Å². The topological polar surface area (TPSA) is 138 Å². The van der Waals surface area contributed by atoms with Crippen LogP contribution in [0.25, 0.3) is 0 Å². The third-order valence-electron chi connectivity index (χ3n) is 0. The molecule has 0 radical (unpaired) electrons. The summed E-state index contributed by atoms with van der Waals surface area (Å²) in [5.41, 5.74) is 0. The molecular weight excluding hydrogens is 164 g/mol. The average molecular weight is 178 g/mol. The molecule has 0 fully saturated rings. The second kappa shape index (κ2) is 22.8. The molecule has 0 aromatic carbocycles. The van der Waals surface area contributed by atoms with Gasteiger partial charge < -0.3 is 21.2 Å². The summed E-state index contributed by atoms with van der Waals surface area (Å²) in [6.45, 7) is 3.49. The Morgan fingerprint density at radius 2 is 1.42 bits per heavy atom. The molecule has 6 nitrogen and oxygen atoms in total. The van der Waals surface area contributed by atoms with E-state index in [1.807, 2.05) is 0 Å². The molecular formula is C6H14N2O4. The highest BCUT2D eigenvalue weighted by Gasteiger charge is 1.65. The van der Waals surface area contributed by atoms with Crippen LogP contribution in [-0.2, 0) is 9.59 Å². The standard InChI is InChI=1S/C2H3N.2C2H4O2.H3N/c1-2-3;2*1-2(3)4;/h1H3;2*1H3,(H,3,4);1H3. The highest BCUT2D eigenvalue weighted by atomic mass is 16.4. The van der Waals surface area contributed by atoms with E-state index in [0.29, 0.717) is 0 Å². The van der Waals surface area contributed by atoms with Crippen molar-refractivity contribution in [3.63, 3.8) is 0 Å². The minimum atomic E-state index is -1.08. The fraction of sp³-hybridized carbons (Fsp3) is 0.500. The lowest BCUT2D eigenvalue weighted by molar-refractivity contribution is -0.302. The molecule has 0 bridgehead atoms. The average Bonchev–Trinajstić information content (AvgIpc) is 1.60. The maximum atomic E-state index is 9.00. The van der Waals surface area contributed by atoms with Crippen LogP contribution in [0.1, 0.15) is 20.8 Å². The third kappa shape index (κ3) is 177. The predicted molar refractivity (Wildman–Crippen MR) is 41.3 cm³/mol. The largest absolute Gasteiger partial charge is 0.550 e. The van der Waals surface area contributed by atoms with Crippen molar-refractivity contribution in [2.75, 3.05) is 0 Å². The Morgan fingerprint density at radius 3 is 1.42 bits per heavy atom. The van der Waals surface area contributed by atoms with Gasteiger partial charge >= 0.3 is 0 Å². The maximum absolute atomic E-state index is 9.00. The van der Waals surface area contributed by atoms with E-state index in [1.54, 1.807) is 6.07 Å². The first-order valence-corrected chi connectivity index (χ1v) is 2.56. The number of carboxylic acid groups (broad SMARTS) is 2. The van der Waals surface area contributed by atoms with E-state index in [2.05, 4.69) is 0 Å². The summed E-state index contributed by atoms with van der Waals surface area (Å²) >= 11 is 0. The molecule has 72 valence electrons. The van der Waals surface area contributed by atoms with Gasteiger partial charge in [0.05, 0.1) is 6.07 Å². The van der Waals surface area contributed by atoms with Gasteiger partial charge in [-0.1, -0.05) is 0 Å². The van der Waals surface area contributed by atoms with Gasteiger partial charge in [0, 0.05) is 19.8 Å². The van der Waals surface area contributed by atoms with Crippen LogP contribution >= 0.6 is 0 Å². The summed E-state index contributed by atoms with van der Waals surface area (Å²) in [5.74, 6) is -1.92. The quantitative estimate of drug-likeness (QED) is 0.526. The first-order chi connectivity index (χ1) is 4.88. The van der Waals surface area contributed by atoms with Crippen molar-refractivity contribution >= 4 is 11.9 Å². The van der Waals surface area contributed by atoms with Crippen molar-refractivity contribution in [2.24, 2.45) is 0 Å². The first kappa shape index (κ1) is 22.4. The second-order valence-electron chi connectivity index (χ2n) is 1.23. The third-order valence-corrected chi connectivity index (χ3v) is 0. The smallest absolute Gasteiger partial charge is 0.300 e. The van der Waals surface area contributed by atoms with E-state index >= 15 is 0 Å². The zero-order valence-electron chi connectivity index (χ0n) is 7.62. The lowest BCUT2D eigenvalue weighted by Gasteiger charge is -1.77. The number of rotatable bonds is 0. The molecule has 0 rings (SSSR count). The Hall–Kier alpha value is -1.61. The molecule has 0 heterocycles. The van der Waals surface area contributed by atoms with Gasteiger partial charge in [-0.15, -0.1) is 0 Å². The molecule has 0 aliphatic heterocycles. The summed E-state index contributed by atoms with van der Waals surface area (Å²) < 4.78 is 0. The number of carbonyl (C=O) groups is 2. The Kier molecular flexibility index (Phi) is 42.5. The number of carbonyl (C=O) groups excluding carboxylic acids is 1. The maximum Gasteiger partial charge on any atom is 0.300 e. The van der Waals surface area contributed by atoms with E-state index in [4.69, 9.17) is 25.1 Å². The van der Waals surface area contributed by atoms with Gasteiger partial charge in [0.15, 0.2) is 0 Å². The van der Waals surface area contributed by atoms with Crippen LogP contribution < -0.4 is 11.3 Å². The Balaban J connectivity index is -0.0000000389. The molecule has 6 heteroatoms. The summed E-state index contributed by atoms with van der Waals surface area (Å²) in [4.78, 5) is 17.9. The van der Waals surface area contributed by atoms with Gasteiger partial charge in [0.2, 0.25) is 0 Å². The summed E-state index contributed by atoms with van der Waals surface area (Å²) in [6.07, 6.45) is 0. The molecule has 0 saturated carbocycles. The zero-order valence-corrected chi connectivity index (χ0v) is 7.62. The van der Waals surface area contributed by atoms with Crippen LogP contribution in [0.2, 0.25) is 0 Å². The number of nitriles is 1. The minimum Gasteiger partial charge on any atom is -0.550 e. The zero-order chi connectivity index (χ0) is 9.86. The number of aliphatic carboxylic acids is 2. The van der Waals surface area contributed by atoms with Crippen LogP contribution in [0.5, 0.6) is 0 Å². The van der Waals surface area contributed by atoms with Gasteiger partial charge in [0.1, 0.15) is 0 Å². The monoisotopic (exact) mass is 178 g/mol. The molecule has 5 N–H and O–H groups in total. The molecule has 0 spiro atoms. The van der Waals surface area contributed by atoms with Gasteiger partial charge in [-0.3, -0.25) is 4.79 Å². The molecule has 0 aliphatic carbocycles. The number of quaternary nitrogens is 1. The SMILES string of the molecule is CC#N.CC(=O)O.CC(=O)[O-].[NH4+]. The normalized spacial score (nSPS) is 4.83. The number of carboxylic acids is 2. The number of hydrogen-bond acceptors (Lipinski definition) is 4. The van der Waals surface area contributed by atoms with Gasteiger partial charge in [-0.05, 0) is 6.92 Å². The fourth-order valence-corrected chi connectivity index (χ4v) is 0.